The second-order valence-electron chi connectivity index (χ2n) is 7.79. The molecule has 1 atom stereocenters. The number of nitrogens with one attached hydrogen (secondary N) is 2. The van der Waals surface area contributed by atoms with E-state index < -0.39 is 4.92 Å². The second-order valence-corrected chi connectivity index (χ2v) is 7.79. The van der Waals surface area contributed by atoms with Gasteiger partial charge in [-0.1, -0.05) is 13.3 Å². The molecule has 4 N–H and O–H groups in total. The minimum absolute atomic E-state index is 0. The van der Waals surface area contributed by atoms with Crippen LogP contribution in [0.15, 0.2) is 24.3 Å². The predicted octanol–water partition coefficient (Wildman–Crippen LogP) is 3.58. The Balaban J connectivity index is 0.00000363. The van der Waals surface area contributed by atoms with Crippen LogP contribution in [0.2, 0.25) is 0 Å². The number of hydrogen-bond acceptors (Lipinski definition) is 8. The number of carbonyl (C=O) groups is 1. The molecule has 32 heavy (non-hydrogen) atoms. The van der Waals surface area contributed by atoms with E-state index in [4.69, 9.17) is 5.73 Å². The largest absolute Gasteiger partial charge is 0.393 e. The molecule has 1 aliphatic heterocycles. The molecule has 1 aromatic heterocycles. The van der Waals surface area contributed by atoms with Gasteiger partial charge in [0.2, 0.25) is 11.9 Å². The third kappa shape index (κ3) is 6.68. The number of nitro groups is 1. The molecule has 174 valence electrons. The summed E-state index contributed by atoms with van der Waals surface area (Å²) in [6.45, 7) is 5.17. The van der Waals surface area contributed by atoms with Crippen molar-refractivity contribution in [3.8, 4) is 0 Å². The van der Waals surface area contributed by atoms with E-state index in [2.05, 4.69) is 32.4 Å². The van der Waals surface area contributed by atoms with Gasteiger partial charge in [-0.15, -0.1) is 12.4 Å². The number of benzene rings is 1. The highest BCUT2D eigenvalue weighted by molar-refractivity contribution is 5.85. The number of nitrogen functional groups attached to an aromatic ring is 1. The number of aryl methyl sites for hydroxylation is 1. The van der Waals surface area contributed by atoms with Gasteiger partial charge in [-0.2, -0.15) is 4.98 Å². The lowest BCUT2D eigenvalue weighted by Gasteiger charge is -2.34. The number of unbranched alkanes of at least 4 members (excludes halogenated alkanes) is 1. The van der Waals surface area contributed by atoms with Crippen molar-refractivity contribution in [3.05, 3.63) is 40.1 Å². The monoisotopic (exact) mass is 463 g/mol. The number of piperidine rings is 1. The maximum Gasteiger partial charge on any atom is 0.294 e. The lowest BCUT2D eigenvalue weighted by Crippen LogP contribution is -2.47. The van der Waals surface area contributed by atoms with Crippen molar-refractivity contribution < 1.29 is 9.72 Å². The zero-order valence-electron chi connectivity index (χ0n) is 18.3. The lowest BCUT2D eigenvalue weighted by atomic mass is 10.1. The molecule has 0 aliphatic carbocycles. The van der Waals surface area contributed by atoms with Crippen LogP contribution >= 0.6 is 12.4 Å². The zero-order chi connectivity index (χ0) is 22.4. The molecule has 11 heteroatoms. The van der Waals surface area contributed by atoms with Crippen molar-refractivity contribution in [2.24, 2.45) is 0 Å². The van der Waals surface area contributed by atoms with Crippen molar-refractivity contribution >= 4 is 47.1 Å². The molecule has 10 nitrogen and oxygen atoms in total. The van der Waals surface area contributed by atoms with E-state index in [1.165, 1.54) is 19.1 Å². The normalized spacial score (nSPS) is 15.6. The van der Waals surface area contributed by atoms with Gasteiger partial charge in [0.25, 0.3) is 5.69 Å². The first-order valence-corrected chi connectivity index (χ1v) is 10.6. The number of hydrogen-bond donors (Lipinski definition) is 3. The minimum Gasteiger partial charge on any atom is -0.393 e. The fraction of sp³-hybridized carbons (Fsp3) is 0.476. The van der Waals surface area contributed by atoms with Gasteiger partial charge >= 0.3 is 0 Å². The number of anilines is 4. The van der Waals surface area contributed by atoms with Gasteiger partial charge in [0, 0.05) is 49.6 Å². The highest BCUT2D eigenvalue weighted by Gasteiger charge is 2.22. The SMILES string of the molecule is CCCCc1cc(N2CCC[C@@H](NC(C)=O)C2)nc(Nc2ccc(N)c([N+](=O)[O-])c2)n1.Cl. The van der Waals surface area contributed by atoms with Gasteiger partial charge in [-0.3, -0.25) is 14.9 Å². The van der Waals surface area contributed by atoms with E-state index in [1.807, 2.05) is 6.07 Å². The summed E-state index contributed by atoms with van der Waals surface area (Å²) < 4.78 is 0. The second kappa shape index (κ2) is 11.5. The standard InChI is InChI=1S/C21H29N7O3.ClH/c1-3-4-6-15-12-20(27-10-5-7-17(13-27)23-14(2)29)26-21(24-15)25-16-8-9-18(22)19(11-16)28(30)31;/h8-9,11-12,17H,3-7,10,13,22H2,1-2H3,(H,23,29)(H,24,25,26);1H/t17-;/m1./s1. The Bertz CT molecular complexity index is 957. The molecule has 2 aromatic rings. The van der Waals surface area contributed by atoms with Crippen LogP contribution in [0.4, 0.5) is 28.8 Å². The van der Waals surface area contributed by atoms with E-state index in [0.29, 0.717) is 18.2 Å². The van der Waals surface area contributed by atoms with E-state index in [-0.39, 0.29) is 35.7 Å². The molecule has 1 aromatic carbocycles. The quantitative estimate of drug-likeness (QED) is 0.306. The van der Waals surface area contributed by atoms with Crippen molar-refractivity contribution in [1.82, 2.24) is 15.3 Å². The highest BCUT2D eigenvalue weighted by Crippen LogP contribution is 2.27. The average molecular weight is 464 g/mol. The molecule has 0 bridgehead atoms. The van der Waals surface area contributed by atoms with Crippen LogP contribution in [0.5, 0.6) is 0 Å². The Kier molecular flexibility index (Phi) is 9.01. The van der Waals surface area contributed by atoms with Crippen LogP contribution in [0.25, 0.3) is 0 Å². The maximum absolute atomic E-state index is 11.5. The highest BCUT2D eigenvalue weighted by atomic mass is 35.5. The molecule has 2 heterocycles. The molecule has 0 saturated carbocycles. The first kappa shape index (κ1) is 25.1. The van der Waals surface area contributed by atoms with Crippen LogP contribution in [-0.4, -0.2) is 39.9 Å². The fourth-order valence-electron chi connectivity index (χ4n) is 3.69. The molecular formula is C21H30ClN7O3. The topological polar surface area (TPSA) is 139 Å². The van der Waals surface area contributed by atoms with Gasteiger partial charge in [-0.05, 0) is 37.8 Å². The van der Waals surface area contributed by atoms with Gasteiger partial charge in [0.1, 0.15) is 11.5 Å². The number of carbonyl (C=O) groups excluding carboxylic acids is 1. The molecule has 0 spiro atoms. The summed E-state index contributed by atoms with van der Waals surface area (Å²) in [5.41, 5.74) is 7.03. The zero-order valence-corrected chi connectivity index (χ0v) is 19.2. The Morgan fingerprint density at radius 3 is 2.81 bits per heavy atom. The summed E-state index contributed by atoms with van der Waals surface area (Å²) in [6.07, 6.45) is 4.74. The Morgan fingerprint density at radius 2 is 2.12 bits per heavy atom. The van der Waals surface area contributed by atoms with Crippen molar-refractivity contribution in [2.45, 2.75) is 52.0 Å². The van der Waals surface area contributed by atoms with Crippen LogP contribution in [0.3, 0.4) is 0 Å². The molecule has 0 unspecified atom stereocenters. The van der Waals surface area contributed by atoms with Crippen LogP contribution in [0, 0.1) is 10.1 Å². The molecule has 3 rings (SSSR count). The number of nitro benzene ring substituents is 1. The maximum atomic E-state index is 11.5. The first-order chi connectivity index (χ1) is 14.9. The Morgan fingerprint density at radius 1 is 1.34 bits per heavy atom. The Hall–Kier alpha value is -3.14. The third-order valence-corrected chi connectivity index (χ3v) is 5.19. The minimum atomic E-state index is -0.514. The van der Waals surface area contributed by atoms with Gasteiger partial charge in [-0.25, -0.2) is 4.98 Å². The molecule has 1 fully saturated rings. The van der Waals surface area contributed by atoms with E-state index in [0.717, 1.165) is 50.2 Å². The number of halogens is 1. The number of aromatic nitrogens is 2. The summed E-state index contributed by atoms with van der Waals surface area (Å²) in [4.78, 5) is 33.6. The summed E-state index contributed by atoms with van der Waals surface area (Å²) >= 11 is 0. The number of nitrogens with zero attached hydrogens (tertiary/aromatic N) is 4. The molecule has 1 amide bonds. The van der Waals surface area contributed by atoms with Crippen molar-refractivity contribution in [3.63, 3.8) is 0 Å². The van der Waals surface area contributed by atoms with Crippen molar-refractivity contribution in [2.75, 3.05) is 29.0 Å². The lowest BCUT2D eigenvalue weighted by molar-refractivity contribution is -0.383. The smallest absolute Gasteiger partial charge is 0.294 e. The van der Waals surface area contributed by atoms with Crippen LogP contribution in [0.1, 0.15) is 45.2 Å². The Labute approximate surface area is 193 Å². The number of rotatable bonds is 8. The fourth-order valence-corrected chi connectivity index (χ4v) is 3.69. The molecular weight excluding hydrogens is 434 g/mol. The molecule has 0 radical (unpaired) electrons. The predicted molar refractivity (Wildman–Crippen MR) is 128 cm³/mol. The van der Waals surface area contributed by atoms with E-state index >= 15 is 0 Å². The molecule has 1 aliphatic rings. The summed E-state index contributed by atoms with van der Waals surface area (Å²) in [5, 5.41) is 17.3. The van der Waals surface area contributed by atoms with Crippen LogP contribution in [-0.2, 0) is 11.2 Å². The summed E-state index contributed by atoms with van der Waals surface area (Å²) in [6, 6.07) is 6.60. The van der Waals surface area contributed by atoms with E-state index in [1.54, 1.807) is 6.07 Å². The summed E-state index contributed by atoms with van der Waals surface area (Å²) in [5.74, 6) is 1.12. The first-order valence-electron chi connectivity index (χ1n) is 10.6. The third-order valence-electron chi connectivity index (χ3n) is 5.19. The summed E-state index contributed by atoms with van der Waals surface area (Å²) in [7, 11) is 0. The molecule has 1 saturated heterocycles. The number of nitrogens with two attached hydrogens (primary N) is 1. The van der Waals surface area contributed by atoms with Crippen LogP contribution < -0.4 is 21.3 Å². The average Bonchev–Trinajstić information content (AvgIpc) is 2.73. The van der Waals surface area contributed by atoms with Gasteiger partial charge in [0.15, 0.2) is 0 Å². The van der Waals surface area contributed by atoms with Gasteiger partial charge in [0.05, 0.1) is 4.92 Å². The van der Waals surface area contributed by atoms with Gasteiger partial charge < -0.3 is 21.3 Å². The van der Waals surface area contributed by atoms with Crippen molar-refractivity contribution in [1.29, 1.82) is 0 Å². The number of amides is 1. The van der Waals surface area contributed by atoms with E-state index in [9.17, 15) is 14.9 Å².